The molecule has 0 aromatic heterocycles. The average Bonchev–Trinajstić information content (AvgIpc) is 2.46. The Morgan fingerprint density at radius 1 is 1.26 bits per heavy atom. The van der Waals surface area contributed by atoms with Crippen LogP contribution >= 0.6 is 0 Å². The van der Waals surface area contributed by atoms with Crippen LogP contribution in [-0.2, 0) is 21.2 Å². The zero-order chi connectivity index (χ0) is 17.0. The molecule has 0 saturated heterocycles. The van der Waals surface area contributed by atoms with Gasteiger partial charge in [0, 0.05) is 0 Å². The molecule has 0 bridgehead atoms. The normalized spacial score (nSPS) is 11.1. The van der Waals surface area contributed by atoms with E-state index in [0.717, 1.165) is 0 Å². The minimum atomic E-state index is -3.91. The molecular formula is C15H15FN2O4S. The monoisotopic (exact) mass is 338 g/mol. The molecule has 3 N–H and O–H groups in total. The summed E-state index contributed by atoms with van der Waals surface area (Å²) in [5.41, 5.74) is 0.657. The molecule has 2 aromatic rings. The largest absolute Gasteiger partial charge is 0.495 e. The Morgan fingerprint density at radius 3 is 2.61 bits per heavy atom. The van der Waals surface area contributed by atoms with Gasteiger partial charge in [-0.3, -0.25) is 4.79 Å². The third-order valence-electron chi connectivity index (χ3n) is 3.03. The van der Waals surface area contributed by atoms with Crippen molar-refractivity contribution in [1.29, 1.82) is 0 Å². The number of carbonyl (C=O) groups excluding carboxylic acids is 1. The highest BCUT2D eigenvalue weighted by Gasteiger charge is 2.14. The standard InChI is InChI=1S/C15H15FN2O4S/c1-22-14-6-5-12(23(17,20)21)9-13(14)18-15(19)8-10-3-2-4-11(16)7-10/h2-7,9H,8H2,1H3,(H,18,19)(H2,17,20,21). The Balaban J connectivity index is 2.22. The number of anilines is 1. The van der Waals surface area contributed by atoms with Crippen molar-refractivity contribution in [2.75, 3.05) is 12.4 Å². The number of primary sulfonamides is 1. The van der Waals surface area contributed by atoms with Crippen LogP contribution in [0.25, 0.3) is 0 Å². The van der Waals surface area contributed by atoms with E-state index in [1.165, 1.54) is 43.5 Å². The summed E-state index contributed by atoms with van der Waals surface area (Å²) < 4.78 is 41.0. The fourth-order valence-electron chi connectivity index (χ4n) is 1.99. The highest BCUT2D eigenvalue weighted by Crippen LogP contribution is 2.27. The molecule has 0 aliphatic carbocycles. The Bertz CT molecular complexity index is 837. The van der Waals surface area contributed by atoms with Crippen LogP contribution < -0.4 is 15.2 Å². The van der Waals surface area contributed by atoms with Crippen LogP contribution in [-0.4, -0.2) is 21.4 Å². The van der Waals surface area contributed by atoms with Gasteiger partial charge < -0.3 is 10.1 Å². The van der Waals surface area contributed by atoms with Gasteiger partial charge in [0.25, 0.3) is 0 Å². The molecular weight excluding hydrogens is 323 g/mol. The summed E-state index contributed by atoms with van der Waals surface area (Å²) in [4.78, 5) is 11.9. The number of hydrogen-bond acceptors (Lipinski definition) is 4. The summed E-state index contributed by atoms with van der Waals surface area (Å²) in [6, 6.07) is 9.50. The average molecular weight is 338 g/mol. The van der Waals surface area contributed by atoms with Gasteiger partial charge in [-0.1, -0.05) is 12.1 Å². The van der Waals surface area contributed by atoms with Crippen LogP contribution in [0.2, 0.25) is 0 Å². The number of amides is 1. The second-order valence-corrected chi connectivity index (χ2v) is 6.32. The Labute approximate surface area is 133 Å². The number of halogens is 1. The van der Waals surface area contributed by atoms with Crippen LogP contribution in [0.5, 0.6) is 5.75 Å². The number of ether oxygens (including phenoxy) is 1. The summed E-state index contributed by atoms with van der Waals surface area (Å²) in [5, 5.41) is 7.60. The minimum absolute atomic E-state index is 0.0689. The summed E-state index contributed by atoms with van der Waals surface area (Å²) in [7, 11) is -2.52. The van der Waals surface area contributed by atoms with E-state index in [2.05, 4.69) is 5.32 Å². The molecule has 0 spiro atoms. The molecule has 0 fully saturated rings. The second-order valence-electron chi connectivity index (χ2n) is 4.76. The number of nitrogens with two attached hydrogens (primary N) is 1. The van der Waals surface area contributed by atoms with Crippen LogP contribution in [0.3, 0.4) is 0 Å². The number of carbonyl (C=O) groups is 1. The van der Waals surface area contributed by atoms with Gasteiger partial charge in [0.05, 0.1) is 24.1 Å². The molecule has 2 rings (SSSR count). The van der Waals surface area contributed by atoms with Crippen molar-refractivity contribution in [3.8, 4) is 5.75 Å². The lowest BCUT2D eigenvalue weighted by molar-refractivity contribution is -0.115. The Morgan fingerprint density at radius 2 is 2.00 bits per heavy atom. The first kappa shape index (κ1) is 16.9. The van der Waals surface area contributed by atoms with E-state index >= 15 is 0 Å². The smallest absolute Gasteiger partial charge is 0.238 e. The molecule has 0 aliphatic heterocycles. The van der Waals surface area contributed by atoms with Gasteiger partial charge in [0.2, 0.25) is 15.9 Å². The molecule has 8 heteroatoms. The molecule has 0 unspecified atom stereocenters. The van der Waals surface area contributed by atoms with Crippen LogP contribution in [0, 0.1) is 5.82 Å². The van der Waals surface area contributed by atoms with E-state index in [-0.39, 0.29) is 22.8 Å². The molecule has 0 saturated carbocycles. The first-order valence-corrected chi connectivity index (χ1v) is 8.09. The fourth-order valence-corrected chi connectivity index (χ4v) is 2.53. The maximum Gasteiger partial charge on any atom is 0.238 e. The van der Waals surface area contributed by atoms with Gasteiger partial charge in [0.1, 0.15) is 11.6 Å². The molecule has 0 aliphatic rings. The highest BCUT2D eigenvalue weighted by molar-refractivity contribution is 7.89. The maximum atomic E-state index is 13.1. The number of benzene rings is 2. The molecule has 0 atom stereocenters. The number of sulfonamides is 1. The molecule has 0 radical (unpaired) electrons. The van der Waals surface area contributed by atoms with Crippen LogP contribution in [0.1, 0.15) is 5.56 Å². The van der Waals surface area contributed by atoms with Gasteiger partial charge >= 0.3 is 0 Å². The van der Waals surface area contributed by atoms with E-state index in [0.29, 0.717) is 5.56 Å². The first-order valence-electron chi connectivity index (χ1n) is 6.55. The van der Waals surface area contributed by atoms with Crippen molar-refractivity contribution >= 4 is 21.6 Å². The molecule has 0 heterocycles. The van der Waals surface area contributed by atoms with Crippen LogP contribution in [0.4, 0.5) is 10.1 Å². The van der Waals surface area contributed by atoms with Gasteiger partial charge in [-0.15, -0.1) is 0 Å². The van der Waals surface area contributed by atoms with E-state index in [9.17, 15) is 17.6 Å². The molecule has 2 aromatic carbocycles. The molecule has 1 amide bonds. The Hall–Kier alpha value is -2.45. The van der Waals surface area contributed by atoms with E-state index in [1.54, 1.807) is 6.07 Å². The van der Waals surface area contributed by atoms with Crippen molar-refractivity contribution in [2.45, 2.75) is 11.3 Å². The summed E-state index contributed by atoms with van der Waals surface area (Å²) in [6.07, 6.45) is -0.0689. The van der Waals surface area contributed by atoms with Crippen molar-refractivity contribution in [3.63, 3.8) is 0 Å². The second kappa shape index (κ2) is 6.76. The first-order chi connectivity index (χ1) is 10.8. The summed E-state index contributed by atoms with van der Waals surface area (Å²) >= 11 is 0. The zero-order valence-electron chi connectivity index (χ0n) is 12.2. The zero-order valence-corrected chi connectivity index (χ0v) is 13.1. The quantitative estimate of drug-likeness (QED) is 0.866. The third kappa shape index (κ3) is 4.51. The van der Waals surface area contributed by atoms with Crippen molar-refractivity contribution in [2.24, 2.45) is 5.14 Å². The van der Waals surface area contributed by atoms with E-state index in [1.807, 2.05) is 0 Å². The van der Waals surface area contributed by atoms with Gasteiger partial charge in [-0.25, -0.2) is 17.9 Å². The lowest BCUT2D eigenvalue weighted by Gasteiger charge is -2.11. The van der Waals surface area contributed by atoms with Crippen molar-refractivity contribution in [3.05, 3.63) is 53.8 Å². The number of methoxy groups -OCH3 is 1. The van der Waals surface area contributed by atoms with Gasteiger partial charge in [0.15, 0.2) is 0 Å². The van der Waals surface area contributed by atoms with Crippen molar-refractivity contribution in [1.82, 2.24) is 0 Å². The predicted molar refractivity (Wildman–Crippen MR) is 83.1 cm³/mol. The highest BCUT2D eigenvalue weighted by atomic mass is 32.2. The molecule has 6 nitrogen and oxygen atoms in total. The molecule has 23 heavy (non-hydrogen) atoms. The number of rotatable bonds is 5. The predicted octanol–water partition coefficient (Wildman–Crippen LogP) is 1.66. The van der Waals surface area contributed by atoms with Crippen molar-refractivity contribution < 1.29 is 22.3 Å². The lowest BCUT2D eigenvalue weighted by atomic mass is 10.1. The van der Waals surface area contributed by atoms with E-state index < -0.39 is 21.7 Å². The fraction of sp³-hybridized carbons (Fsp3) is 0.133. The number of hydrogen-bond donors (Lipinski definition) is 2. The summed E-state index contributed by atoms with van der Waals surface area (Å²) in [5.74, 6) is -0.602. The third-order valence-corrected chi connectivity index (χ3v) is 3.94. The summed E-state index contributed by atoms with van der Waals surface area (Å²) in [6.45, 7) is 0. The lowest BCUT2D eigenvalue weighted by Crippen LogP contribution is -2.17. The van der Waals surface area contributed by atoms with Gasteiger partial charge in [-0.05, 0) is 35.9 Å². The maximum absolute atomic E-state index is 13.1. The minimum Gasteiger partial charge on any atom is -0.495 e. The van der Waals surface area contributed by atoms with E-state index in [4.69, 9.17) is 9.88 Å². The topological polar surface area (TPSA) is 98.5 Å². The Kier molecular flexibility index (Phi) is 4.97. The van der Waals surface area contributed by atoms with Crippen LogP contribution in [0.15, 0.2) is 47.4 Å². The number of nitrogens with one attached hydrogen (secondary N) is 1. The van der Waals surface area contributed by atoms with Gasteiger partial charge in [-0.2, -0.15) is 0 Å². The SMILES string of the molecule is COc1ccc(S(N)(=O)=O)cc1NC(=O)Cc1cccc(F)c1. The molecule has 122 valence electrons.